The maximum absolute atomic E-state index is 6.44. The van der Waals surface area contributed by atoms with Gasteiger partial charge in [-0.05, 0) is 39.7 Å². The maximum atomic E-state index is 6.44. The van der Waals surface area contributed by atoms with Gasteiger partial charge in [0, 0.05) is 38.3 Å². The van der Waals surface area contributed by atoms with Gasteiger partial charge in [0.1, 0.15) is 18.5 Å². The number of aromatic nitrogens is 4. The van der Waals surface area contributed by atoms with Crippen LogP contribution in [0, 0.1) is 12.0 Å². The zero-order valence-electron chi connectivity index (χ0n) is 20.1. The molecular formula is C24H33N7O3. The van der Waals surface area contributed by atoms with Crippen molar-refractivity contribution in [2.24, 2.45) is 0 Å². The first kappa shape index (κ1) is 22.0. The van der Waals surface area contributed by atoms with Crippen LogP contribution < -0.4 is 5.32 Å². The number of nitrogens with one attached hydrogen (secondary N) is 1. The standard InChI is InChI=1S/C24H33N7O3/c1-24(2)33-19-17(8-9-30-12-10-29(3)11-13-30)32-23(20(19)34-24)31-15-27-18-21(25-14-26-22(18)31)28-16-6-4-5-7-16/h14-17,19-20,23H,4-7,10-13H2,1-3H3,(H,25,26,28)/t17-,19-,20+,23-/m1/s1. The topological polar surface area (TPSA) is 89.8 Å². The van der Waals surface area contributed by atoms with E-state index in [-0.39, 0.29) is 12.2 Å². The minimum Gasteiger partial charge on any atom is -0.365 e. The number of fused-ring (bicyclic) bond motifs is 2. The predicted molar refractivity (Wildman–Crippen MR) is 126 cm³/mol. The minimum atomic E-state index is -0.703. The van der Waals surface area contributed by atoms with Crippen molar-refractivity contribution in [2.75, 3.05) is 38.5 Å². The summed E-state index contributed by atoms with van der Waals surface area (Å²) in [6, 6.07) is 3.75. The lowest BCUT2D eigenvalue weighted by molar-refractivity contribution is -0.190. The van der Waals surface area contributed by atoms with Crippen molar-refractivity contribution in [2.45, 2.75) is 75.9 Å². The summed E-state index contributed by atoms with van der Waals surface area (Å²) in [5.41, 5.74) is 1.47. The van der Waals surface area contributed by atoms with Crippen LogP contribution in [-0.4, -0.2) is 92.7 Å². The summed E-state index contributed by atoms with van der Waals surface area (Å²) in [4.78, 5) is 18.2. The van der Waals surface area contributed by atoms with E-state index < -0.39 is 18.1 Å². The van der Waals surface area contributed by atoms with Crippen LogP contribution in [0.5, 0.6) is 0 Å². The average molecular weight is 468 g/mol. The molecule has 2 aromatic rings. The summed E-state index contributed by atoms with van der Waals surface area (Å²) in [7, 11) is 2.14. The lowest BCUT2D eigenvalue weighted by atomic mass is 10.1. The van der Waals surface area contributed by atoms with E-state index >= 15 is 0 Å². The number of hydrogen-bond donors (Lipinski definition) is 1. The van der Waals surface area contributed by atoms with E-state index in [4.69, 9.17) is 14.2 Å². The third-order valence-electron chi connectivity index (χ3n) is 7.23. The first-order valence-corrected chi connectivity index (χ1v) is 12.4. The summed E-state index contributed by atoms with van der Waals surface area (Å²) in [5, 5.41) is 3.56. The van der Waals surface area contributed by atoms with E-state index in [2.05, 4.69) is 49.1 Å². The Kier molecular flexibility index (Phi) is 5.60. The molecule has 1 saturated carbocycles. The van der Waals surface area contributed by atoms with Gasteiger partial charge >= 0.3 is 0 Å². The van der Waals surface area contributed by atoms with Crippen LogP contribution in [0.1, 0.15) is 45.8 Å². The molecule has 3 saturated heterocycles. The molecule has 1 N–H and O–H groups in total. The van der Waals surface area contributed by atoms with E-state index in [1.165, 1.54) is 12.8 Å². The van der Waals surface area contributed by atoms with E-state index in [9.17, 15) is 0 Å². The number of rotatable bonds is 3. The molecule has 4 fully saturated rings. The molecule has 0 bridgehead atoms. The van der Waals surface area contributed by atoms with Gasteiger partial charge in [0.25, 0.3) is 0 Å². The molecule has 4 atom stereocenters. The van der Waals surface area contributed by atoms with E-state index in [1.807, 2.05) is 18.4 Å². The highest BCUT2D eigenvalue weighted by molar-refractivity contribution is 5.82. The number of hydrogen-bond acceptors (Lipinski definition) is 9. The summed E-state index contributed by atoms with van der Waals surface area (Å²) in [6.45, 7) is 7.75. The molecule has 0 unspecified atom stereocenters. The fourth-order valence-corrected chi connectivity index (χ4v) is 5.40. The molecule has 182 valence electrons. The van der Waals surface area contributed by atoms with Gasteiger partial charge < -0.3 is 29.3 Å². The van der Waals surface area contributed by atoms with Crippen LogP contribution in [0.15, 0.2) is 12.7 Å². The summed E-state index contributed by atoms with van der Waals surface area (Å²) in [5.74, 6) is 3.40. The maximum Gasteiger partial charge on any atom is 0.167 e. The molecule has 0 amide bonds. The second-order valence-electron chi connectivity index (χ2n) is 10.2. The molecule has 34 heavy (non-hydrogen) atoms. The monoisotopic (exact) mass is 467 g/mol. The van der Waals surface area contributed by atoms with E-state index in [1.54, 1.807) is 12.7 Å². The van der Waals surface area contributed by atoms with Crippen molar-refractivity contribution in [3.05, 3.63) is 12.7 Å². The molecule has 4 aliphatic rings. The van der Waals surface area contributed by atoms with Gasteiger partial charge in [-0.25, -0.2) is 15.0 Å². The SMILES string of the molecule is CN1CCN(C#C[C@H]2O[C@@H](n3cnc4c(NC5CCCC5)ncnc43)[C@H]3OC(C)(C)O[C@@H]32)CC1. The fraction of sp³-hybridized carbons (Fsp3) is 0.708. The second-order valence-corrected chi connectivity index (χ2v) is 10.2. The van der Waals surface area contributed by atoms with Crippen molar-refractivity contribution < 1.29 is 14.2 Å². The normalized spacial score (nSPS) is 31.6. The van der Waals surface area contributed by atoms with E-state index in [0.29, 0.717) is 6.04 Å². The van der Waals surface area contributed by atoms with Crippen LogP contribution in [-0.2, 0) is 14.2 Å². The Morgan fingerprint density at radius 3 is 2.59 bits per heavy atom. The molecule has 1 aliphatic carbocycles. The van der Waals surface area contributed by atoms with Crippen molar-refractivity contribution in [3.8, 4) is 12.0 Å². The Hall–Kier alpha value is -2.45. The van der Waals surface area contributed by atoms with E-state index in [0.717, 1.165) is 56.0 Å². The van der Waals surface area contributed by atoms with Crippen molar-refractivity contribution in [1.29, 1.82) is 0 Å². The van der Waals surface area contributed by atoms with Crippen molar-refractivity contribution in [1.82, 2.24) is 29.3 Å². The highest BCUT2D eigenvalue weighted by atomic mass is 16.8. The van der Waals surface area contributed by atoms with Crippen LogP contribution in [0.2, 0.25) is 0 Å². The first-order chi connectivity index (χ1) is 16.5. The van der Waals surface area contributed by atoms with Crippen LogP contribution >= 0.6 is 0 Å². The van der Waals surface area contributed by atoms with Gasteiger partial charge in [-0.2, -0.15) is 0 Å². The second kappa shape index (κ2) is 8.64. The molecular weight excluding hydrogens is 434 g/mol. The van der Waals surface area contributed by atoms with Crippen LogP contribution in [0.3, 0.4) is 0 Å². The Morgan fingerprint density at radius 1 is 1.03 bits per heavy atom. The molecule has 3 aliphatic heterocycles. The van der Waals surface area contributed by atoms with Crippen LogP contribution in [0.4, 0.5) is 5.82 Å². The smallest absolute Gasteiger partial charge is 0.167 e. The summed E-state index contributed by atoms with van der Waals surface area (Å²) in [6.07, 6.45) is 6.77. The largest absolute Gasteiger partial charge is 0.365 e. The van der Waals surface area contributed by atoms with Crippen molar-refractivity contribution >= 4 is 17.0 Å². The molecule has 5 heterocycles. The number of ether oxygens (including phenoxy) is 3. The fourth-order valence-electron chi connectivity index (χ4n) is 5.40. The average Bonchev–Trinajstić information content (AvgIpc) is 3.58. The van der Waals surface area contributed by atoms with Crippen molar-refractivity contribution in [3.63, 3.8) is 0 Å². The Morgan fingerprint density at radius 2 is 1.79 bits per heavy atom. The molecule has 0 spiro atoms. The number of nitrogens with zero attached hydrogens (tertiary/aromatic N) is 6. The molecule has 6 rings (SSSR count). The zero-order valence-corrected chi connectivity index (χ0v) is 20.1. The molecule has 2 aromatic heterocycles. The highest BCUT2D eigenvalue weighted by Gasteiger charge is 2.56. The lowest BCUT2D eigenvalue weighted by Crippen LogP contribution is -2.42. The van der Waals surface area contributed by atoms with Gasteiger partial charge in [0.2, 0.25) is 0 Å². The number of likely N-dealkylation sites (N-methyl/N-ethyl adjacent to an activating group) is 1. The number of imidazole rings is 1. The van der Waals surface area contributed by atoms with Gasteiger partial charge in [-0.15, -0.1) is 0 Å². The third-order valence-corrected chi connectivity index (χ3v) is 7.23. The molecule has 0 radical (unpaired) electrons. The quantitative estimate of drug-likeness (QED) is 0.679. The van der Waals surface area contributed by atoms with Gasteiger partial charge in [0.15, 0.2) is 35.1 Å². The number of anilines is 1. The van der Waals surface area contributed by atoms with Crippen LogP contribution in [0.25, 0.3) is 11.2 Å². The van der Waals surface area contributed by atoms with Gasteiger partial charge in [-0.3, -0.25) is 4.57 Å². The molecule has 10 heteroatoms. The Balaban J connectivity index is 1.27. The number of piperazine rings is 1. The Labute approximate surface area is 200 Å². The predicted octanol–water partition coefficient (Wildman–Crippen LogP) is 1.81. The molecule has 10 nitrogen and oxygen atoms in total. The highest BCUT2D eigenvalue weighted by Crippen LogP contribution is 2.43. The molecule has 0 aromatic carbocycles. The lowest BCUT2D eigenvalue weighted by Gasteiger charge is -2.29. The van der Waals surface area contributed by atoms with Gasteiger partial charge in [0.05, 0.1) is 6.33 Å². The summed E-state index contributed by atoms with van der Waals surface area (Å²) < 4.78 is 20.9. The third kappa shape index (κ3) is 4.11. The summed E-state index contributed by atoms with van der Waals surface area (Å²) >= 11 is 0. The first-order valence-electron chi connectivity index (χ1n) is 12.4. The Bertz CT molecular complexity index is 1090. The zero-order chi connectivity index (χ0) is 23.3. The van der Waals surface area contributed by atoms with Gasteiger partial charge in [-0.1, -0.05) is 12.8 Å². The minimum absolute atomic E-state index is 0.282.